The quantitative estimate of drug-likeness (QED) is 0.174. The summed E-state index contributed by atoms with van der Waals surface area (Å²) in [5.74, 6) is 0.555. The molecule has 0 aliphatic heterocycles. The molecule has 0 aliphatic rings. The maximum atomic E-state index is 6.72. The van der Waals surface area contributed by atoms with Crippen molar-refractivity contribution in [2.45, 2.75) is 77.6 Å². The third-order valence-corrected chi connectivity index (χ3v) is 11.1. The van der Waals surface area contributed by atoms with Crippen molar-refractivity contribution in [2.24, 2.45) is 0 Å². The smallest absolute Gasteiger partial charge is 0.201 e. The SMILES string of the molecule is C/C(=C/C(CCl)O[Si](C(C)C)(C(C)C)C(C)C)CCI. The van der Waals surface area contributed by atoms with Crippen LogP contribution in [0.4, 0.5) is 0 Å². The summed E-state index contributed by atoms with van der Waals surface area (Å²) in [5.41, 5.74) is 3.20. The van der Waals surface area contributed by atoms with E-state index in [1.807, 2.05) is 0 Å². The van der Waals surface area contributed by atoms with E-state index in [1.165, 1.54) is 5.57 Å². The molecule has 0 fully saturated rings. The Kier molecular flexibility index (Phi) is 10.3. The lowest BCUT2D eigenvalue weighted by molar-refractivity contribution is 0.235. The fraction of sp³-hybridized carbons (Fsp3) is 0.875. The fourth-order valence-electron chi connectivity index (χ4n) is 3.33. The molecule has 0 N–H and O–H groups in total. The Morgan fingerprint density at radius 2 is 1.55 bits per heavy atom. The highest BCUT2D eigenvalue weighted by molar-refractivity contribution is 14.1. The van der Waals surface area contributed by atoms with Gasteiger partial charge in [-0.25, -0.2) is 0 Å². The van der Waals surface area contributed by atoms with Crippen LogP contribution in [0.2, 0.25) is 16.6 Å². The monoisotopic (exact) mass is 430 g/mol. The van der Waals surface area contributed by atoms with Gasteiger partial charge in [0, 0.05) is 4.43 Å². The van der Waals surface area contributed by atoms with E-state index in [2.05, 4.69) is 77.1 Å². The van der Waals surface area contributed by atoms with E-state index in [9.17, 15) is 0 Å². The molecule has 1 unspecified atom stereocenters. The van der Waals surface area contributed by atoms with E-state index in [-0.39, 0.29) is 6.10 Å². The van der Waals surface area contributed by atoms with Crippen molar-refractivity contribution in [1.29, 1.82) is 0 Å². The summed E-state index contributed by atoms with van der Waals surface area (Å²) in [6.45, 7) is 16.1. The molecule has 120 valence electrons. The Morgan fingerprint density at radius 1 is 1.10 bits per heavy atom. The van der Waals surface area contributed by atoms with E-state index in [4.69, 9.17) is 16.0 Å². The lowest BCUT2D eigenvalue weighted by Crippen LogP contribution is -2.50. The zero-order chi connectivity index (χ0) is 15.9. The van der Waals surface area contributed by atoms with Gasteiger partial charge >= 0.3 is 0 Å². The summed E-state index contributed by atoms with van der Waals surface area (Å²) in [5, 5.41) is 0. The molecule has 1 atom stereocenters. The van der Waals surface area contributed by atoms with Crippen LogP contribution >= 0.6 is 34.2 Å². The molecule has 0 saturated carbocycles. The zero-order valence-corrected chi connectivity index (χ0v) is 18.1. The first-order valence-corrected chi connectivity index (χ1v) is 11.9. The molecule has 1 nitrogen and oxygen atoms in total. The normalized spacial score (nSPS) is 15.5. The minimum Gasteiger partial charge on any atom is -0.409 e. The molecule has 0 radical (unpaired) electrons. The summed E-state index contributed by atoms with van der Waals surface area (Å²) in [7, 11) is -1.83. The van der Waals surface area contributed by atoms with E-state index in [0.29, 0.717) is 22.5 Å². The number of hydrogen-bond acceptors (Lipinski definition) is 1. The predicted octanol–water partition coefficient (Wildman–Crippen LogP) is 6.56. The zero-order valence-electron chi connectivity index (χ0n) is 14.2. The average Bonchev–Trinajstić information content (AvgIpc) is 2.33. The number of alkyl halides is 2. The summed E-state index contributed by atoms with van der Waals surface area (Å²) < 4.78 is 7.87. The van der Waals surface area contributed by atoms with Gasteiger partial charge in [-0.15, -0.1) is 11.6 Å². The van der Waals surface area contributed by atoms with E-state index in [1.54, 1.807) is 0 Å². The van der Waals surface area contributed by atoms with Crippen molar-refractivity contribution in [1.82, 2.24) is 0 Å². The molecule has 0 aliphatic carbocycles. The van der Waals surface area contributed by atoms with Crippen LogP contribution in [0, 0.1) is 0 Å². The molecule has 0 heterocycles. The minimum atomic E-state index is -1.83. The van der Waals surface area contributed by atoms with Gasteiger partial charge in [-0.1, -0.05) is 75.8 Å². The summed E-state index contributed by atoms with van der Waals surface area (Å²) in [6, 6.07) is 0. The van der Waals surface area contributed by atoms with Gasteiger partial charge in [-0.2, -0.15) is 0 Å². The Bertz CT molecular complexity index is 281. The maximum Gasteiger partial charge on any atom is 0.201 e. The molecular formula is C16H32ClIOSi. The highest BCUT2D eigenvalue weighted by Crippen LogP contribution is 2.43. The molecule has 0 aromatic rings. The molecule has 0 spiro atoms. The lowest BCUT2D eigenvalue weighted by atomic mass is 10.2. The lowest BCUT2D eigenvalue weighted by Gasteiger charge is -2.44. The van der Waals surface area contributed by atoms with Gasteiger partial charge in [0.15, 0.2) is 0 Å². The van der Waals surface area contributed by atoms with Crippen molar-refractivity contribution >= 4 is 42.5 Å². The van der Waals surface area contributed by atoms with Crippen molar-refractivity contribution in [2.75, 3.05) is 10.3 Å². The van der Waals surface area contributed by atoms with Crippen LogP contribution in [-0.4, -0.2) is 24.7 Å². The number of allylic oxidation sites excluding steroid dienone is 1. The molecule has 4 heteroatoms. The number of rotatable bonds is 9. The first-order chi connectivity index (χ1) is 9.22. The van der Waals surface area contributed by atoms with Gasteiger partial charge in [-0.3, -0.25) is 0 Å². The summed E-state index contributed by atoms with van der Waals surface area (Å²) in [6.07, 6.45) is 3.44. The molecule has 0 aromatic heterocycles. The van der Waals surface area contributed by atoms with Crippen LogP contribution < -0.4 is 0 Å². The molecule has 0 aromatic carbocycles. The fourth-order valence-corrected chi connectivity index (χ4v) is 9.93. The van der Waals surface area contributed by atoms with Crippen LogP contribution in [0.15, 0.2) is 11.6 Å². The van der Waals surface area contributed by atoms with Crippen molar-refractivity contribution in [3.63, 3.8) is 0 Å². The third kappa shape index (κ3) is 5.62. The Balaban J connectivity index is 5.27. The van der Waals surface area contributed by atoms with Gasteiger partial charge in [0.05, 0.1) is 12.0 Å². The molecule has 20 heavy (non-hydrogen) atoms. The van der Waals surface area contributed by atoms with E-state index in [0.717, 1.165) is 10.8 Å². The first kappa shape index (κ1) is 20.9. The van der Waals surface area contributed by atoms with Gasteiger partial charge < -0.3 is 4.43 Å². The van der Waals surface area contributed by atoms with Gasteiger partial charge in [0.25, 0.3) is 0 Å². The number of halogens is 2. The minimum absolute atomic E-state index is 0.0680. The van der Waals surface area contributed by atoms with Gasteiger partial charge in [-0.05, 0) is 30.0 Å². The predicted molar refractivity (Wildman–Crippen MR) is 104 cm³/mol. The van der Waals surface area contributed by atoms with E-state index < -0.39 is 8.32 Å². The highest BCUT2D eigenvalue weighted by atomic mass is 127. The molecule has 0 amide bonds. The Labute approximate surface area is 146 Å². The first-order valence-electron chi connectivity index (χ1n) is 7.69. The molecule has 0 saturated heterocycles. The largest absolute Gasteiger partial charge is 0.409 e. The van der Waals surface area contributed by atoms with Crippen LogP contribution in [0.1, 0.15) is 54.9 Å². The molecule has 0 rings (SSSR count). The maximum absolute atomic E-state index is 6.72. The average molecular weight is 431 g/mol. The molecular weight excluding hydrogens is 399 g/mol. The summed E-state index contributed by atoms with van der Waals surface area (Å²) in [4.78, 5) is 0. The third-order valence-electron chi connectivity index (χ3n) is 4.17. The van der Waals surface area contributed by atoms with E-state index >= 15 is 0 Å². The van der Waals surface area contributed by atoms with Crippen molar-refractivity contribution in [3.8, 4) is 0 Å². The second kappa shape index (κ2) is 9.85. The van der Waals surface area contributed by atoms with Crippen LogP contribution in [-0.2, 0) is 4.43 Å². The standard InChI is InChI=1S/C16H32ClIOSi/c1-12(2)20(13(3)4,14(5)6)19-16(11-17)10-15(7)8-9-18/h10,12-14,16H,8-9,11H2,1-7H3/b15-10-. The van der Waals surface area contributed by atoms with Crippen LogP contribution in [0.3, 0.4) is 0 Å². The second-order valence-electron chi connectivity index (χ2n) is 6.58. The van der Waals surface area contributed by atoms with Gasteiger partial charge in [0.1, 0.15) is 0 Å². The summed E-state index contributed by atoms with van der Waals surface area (Å²) >= 11 is 8.60. The molecule has 0 bridgehead atoms. The Morgan fingerprint density at radius 3 is 1.85 bits per heavy atom. The van der Waals surface area contributed by atoms with Crippen molar-refractivity contribution < 1.29 is 4.43 Å². The second-order valence-corrected chi connectivity index (χ2v) is 13.4. The van der Waals surface area contributed by atoms with Crippen LogP contribution in [0.5, 0.6) is 0 Å². The topological polar surface area (TPSA) is 9.23 Å². The highest BCUT2D eigenvalue weighted by Gasteiger charge is 2.46. The van der Waals surface area contributed by atoms with Crippen molar-refractivity contribution in [3.05, 3.63) is 11.6 Å². The Hall–Kier alpha value is 0.937. The number of hydrogen-bond donors (Lipinski definition) is 0. The van der Waals surface area contributed by atoms with Gasteiger partial charge in [0.2, 0.25) is 8.32 Å². The van der Waals surface area contributed by atoms with Crippen LogP contribution in [0.25, 0.3) is 0 Å².